The number of furan rings is 1. The third-order valence-electron chi connectivity index (χ3n) is 6.73. The zero-order valence-electron chi connectivity index (χ0n) is 19.9. The van der Waals surface area contributed by atoms with E-state index in [0.29, 0.717) is 52.7 Å². The van der Waals surface area contributed by atoms with Gasteiger partial charge in [0.2, 0.25) is 10.0 Å². The number of carbonyl (C=O) groups is 1. The molecule has 2 aliphatic rings. The van der Waals surface area contributed by atoms with Crippen molar-refractivity contribution in [3.63, 3.8) is 0 Å². The minimum atomic E-state index is -3.65. The van der Waals surface area contributed by atoms with E-state index in [1.807, 2.05) is 6.07 Å². The smallest absolute Gasteiger partial charge is 0.454 e. The molecule has 190 valence electrons. The van der Waals surface area contributed by atoms with Crippen LogP contribution < -0.4 is 10.0 Å². The molecule has 2 heterocycles. The van der Waals surface area contributed by atoms with Crippen molar-refractivity contribution in [1.29, 1.82) is 0 Å². The third-order valence-corrected chi connectivity index (χ3v) is 8.08. The van der Waals surface area contributed by atoms with Crippen LogP contribution in [-0.2, 0) is 14.7 Å². The Kier molecular flexibility index (Phi) is 6.80. The van der Waals surface area contributed by atoms with E-state index in [1.165, 1.54) is 31.3 Å². The van der Waals surface area contributed by atoms with Crippen LogP contribution in [0.3, 0.4) is 0 Å². The first-order valence-electron chi connectivity index (χ1n) is 12.2. The summed E-state index contributed by atoms with van der Waals surface area (Å²) >= 11 is 0. The zero-order valence-corrected chi connectivity index (χ0v) is 20.7. The second-order valence-electron chi connectivity index (χ2n) is 9.46. The summed E-state index contributed by atoms with van der Waals surface area (Å²) in [6.07, 6.45) is 4.00. The molecule has 3 N–H and O–H groups in total. The zero-order chi connectivity index (χ0) is 25.4. The molecule has 1 saturated heterocycles. The number of halogens is 1. The van der Waals surface area contributed by atoms with E-state index in [-0.39, 0.29) is 23.7 Å². The third kappa shape index (κ3) is 5.28. The van der Waals surface area contributed by atoms with Crippen molar-refractivity contribution >= 4 is 39.7 Å². The van der Waals surface area contributed by atoms with Crippen LogP contribution in [-0.4, -0.2) is 45.4 Å². The summed E-state index contributed by atoms with van der Waals surface area (Å²) in [5, 5.41) is 12.7. The first kappa shape index (κ1) is 24.8. The maximum absolute atomic E-state index is 13.5. The lowest BCUT2D eigenvalue weighted by Crippen LogP contribution is -2.20. The van der Waals surface area contributed by atoms with Gasteiger partial charge in [-0.2, -0.15) is 0 Å². The molecule has 0 bridgehead atoms. The monoisotopic (exact) mass is 514 g/mol. The van der Waals surface area contributed by atoms with Crippen molar-refractivity contribution in [3.8, 4) is 11.3 Å². The maximum atomic E-state index is 13.5. The normalized spacial score (nSPS) is 18.1. The molecule has 5 rings (SSSR count). The van der Waals surface area contributed by atoms with Gasteiger partial charge in [0, 0.05) is 30.2 Å². The fourth-order valence-electron chi connectivity index (χ4n) is 4.75. The van der Waals surface area contributed by atoms with Crippen LogP contribution >= 0.6 is 0 Å². The fourth-order valence-corrected chi connectivity index (χ4v) is 5.91. The second-order valence-corrected chi connectivity index (χ2v) is 11.3. The molecule has 8 nitrogen and oxygen atoms in total. The van der Waals surface area contributed by atoms with Gasteiger partial charge in [0.25, 0.3) is 5.91 Å². The van der Waals surface area contributed by atoms with Crippen molar-refractivity contribution < 1.29 is 31.7 Å². The Balaban J connectivity index is 1.46. The van der Waals surface area contributed by atoms with Crippen molar-refractivity contribution in [3.05, 3.63) is 53.3 Å². The summed E-state index contributed by atoms with van der Waals surface area (Å²) < 4.78 is 53.5. The number of rotatable bonds is 9. The summed E-state index contributed by atoms with van der Waals surface area (Å²) in [4.78, 5) is 12.8. The summed E-state index contributed by atoms with van der Waals surface area (Å²) in [6, 6.07) is 9.14. The van der Waals surface area contributed by atoms with Crippen LogP contribution in [0.15, 0.2) is 40.8 Å². The van der Waals surface area contributed by atoms with Gasteiger partial charge >= 0.3 is 7.12 Å². The highest BCUT2D eigenvalue weighted by Crippen LogP contribution is 2.47. The van der Waals surface area contributed by atoms with Crippen LogP contribution in [0.1, 0.15) is 53.9 Å². The topological polar surface area (TPSA) is 118 Å². The second kappa shape index (κ2) is 9.87. The molecule has 1 aliphatic carbocycles. The van der Waals surface area contributed by atoms with Crippen molar-refractivity contribution in [2.24, 2.45) is 0 Å². The number of hydrogen-bond donors (Lipinski definition) is 3. The molecule has 1 aliphatic heterocycles. The Morgan fingerprint density at radius 1 is 1.19 bits per heavy atom. The first-order chi connectivity index (χ1) is 17.2. The number of carbonyl (C=O) groups excluding carboxylic acids is 1. The van der Waals surface area contributed by atoms with Gasteiger partial charge in [-0.25, -0.2) is 12.8 Å². The molecule has 1 amide bonds. The molecule has 1 saturated carbocycles. The van der Waals surface area contributed by atoms with Gasteiger partial charge in [-0.15, -0.1) is 0 Å². The maximum Gasteiger partial charge on any atom is 0.454 e. The number of sulfonamides is 1. The van der Waals surface area contributed by atoms with Gasteiger partial charge < -0.3 is 19.4 Å². The van der Waals surface area contributed by atoms with E-state index in [1.54, 1.807) is 6.07 Å². The largest absolute Gasteiger partial charge is 0.455 e. The summed E-state index contributed by atoms with van der Waals surface area (Å²) in [7, 11) is -2.88. The van der Waals surface area contributed by atoms with E-state index in [0.717, 1.165) is 24.8 Å². The molecule has 0 spiro atoms. The van der Waals surface area contributed by atoms with Crippen LogP contribution in [0, 0.1) is 5.82 Å². The number of hydrogen-bond acceptors (Lipinski definition) is 6. The van der Waals surface area contributed by atoms with E-state index in [4.69, 9.17) is 9.07 Å². The van der Waals surface area contributed by atoms with Crippen LogP contribution in [0.4, 0.5) is 10.1 Å². The predicted octanol–water partition coefficient (Wildman–Crippen LogP) is 4.27. The van der Waals surface area contributed by atoms with Gasteiger partial charge in [0.05, 0.1) is 17.0 Å². The lowest BCUT2D eigenvalue weighted by atomic mass is 9.87. The van der Waals surface area contributed by atoms with Gasteiger partial charge in [0.15, 0.2) is 0 Å². The average molecular weight is 514 g/mol. The lowest BCUT2D eigenvalue weighted by Gasteiger charge is -2.14. The molecule has 36 heavy (non-hydrogen) atoms. The minimum Gasteiger partial charge on any atom is -0.455 e. The Hall–Kier alpha value is -2.89. The summed E-state index contributed by atoms with van der Waals surface area (Å²) in [5.74, 6) is -0.331. The number of fused-ring (bicyclic) bond motifs is 1. The molecule has 3 aromatic rings. The Bertz CT molecular complexity index is 1390. The minimum absolute atomic E-state index is 0.0758. The standard InChI is InChI=1S/C25H28BFN2O6S/c1-28-25(30)23-20-13-19(15-4-5-15)21(14-22(20)34-24(23)16-6-8-17(27)9-7-16)29-36(32,33)12-2-3-18-10-11-26(31)35-18/h6-9,13-15,18,29,31H,2-5,10-12H2,1H3,(H,28,30). The van der Waals surface area contributed by atoms with E-state index < -0.39 is 23.0 Å². The van der Waals surface area contributed by atoms with Gasteiger partial charge in [-0.3, -0.25) is 9.52 Å². The number of benzene rings is 2. The molecular weight excluding hydrogens is 486 g/mol. The van der Waals surface area contributed by atoms with Crippen molar-refractivity contribution in [2.45, 2.75) is 50.4 Å². The van der Waals surface area contributed by atoms with E-state index >= 15 is 0 Å². The molecule has 11 heteroatoms. The molecule has 2 aromatic carbocycles. The summed E-state index contributed by atoms with van der Waals surface area (Å²) in [6.45, 7) is 0. The highest BCUT2D eigenvalue weighted by molar-refractivity contribution is 7.92. The van der Waals surface area contributed by atoms with Gasteiger partial charge in [0.1, 0.15) is 17.2 Å². The number of anilines is 1. The molecule has 2 fully saturated rings. The molecule has 1 unspecified atom stereocenters. The van der Waals surface area contributed by atoms with Gasteiger partial charge in [-0.1, -0.05) is 0 Å². The average Bonchev–Trinajstić information content (AvgIpc) is 3.50. The lowest BCUT2D eigenvalue weighted by molar-refractivity contribution is 0.0964. The van der Waals surface area contributed by atoms with E-state index in [2.05, 4.69) is 10.0 Å². The highest BCUT2D eigenvalue weighted by atomic mass is 32.2. The molecular formula is C25H28BFN2O6S. The number of amides is 1. The van der Waals surface area contributed by atoms with Crippen LogP contribution in [0.25, 0.3) is 22.3 Å². The molecule has 1 aromatic heterocycles. The highest BCUT2D eigenvalue weighted by Gasteiger charge is 2.31. The van der Waals surface area contributed by atoms with Crippen LogP contribution in [0.5, 0.6) is 0 Å². The van der Waals surface area contributed by atoms with Crippen LogP contribution in [0.2, 0.25) is 6.32 Å². The fraction of sp³-hybridized carbons (Fsp3) is 0.400. The Morgan fingerprint density at radius 2 is 1.94 bits per heavy atom. The molecule has 1 atom stereocenters. The van der Waals surface area contributed by atoms with Crippen molar-refractivity contribution in [2.75, 3.05) is 17.5 Å². The Morgan fingerprint density at radius 3 is 2.58 bits per heavy atom. The predicted molar refractivity (Wildman–Crippen MR) is 136 cm³/mol. The first-order valence-corrected chi connectivity index (χ1v) is 13.8. The number of nitrogens with one attached hydrogen (secondary N) is 2. The Labute approximate surface area is 209 Å². The quantitative estimate of drug-likeness (QED) is 0.367. The SMILES string of the molecule is CNC(=O)c1c(-c2ccc(F)cc2)oc2cc(NS(=O)(=O)CCCC3CCB(O)O3)c(C3CC3)cc12. The van der Waals surface area contributed by atoms with Gasteiger partial charge in [-0.05, 0) is 80.2 Å². The van der Waals surface area contributed by atoms with Crippen molar-refractivity contribution in [1.82, 2.24) is 5.32 Å². The van der Waals surface area contributed by atoms with E-state index in [9.17, 15) is 22.6 Å². The molecule has 0 radical (unpaired) electrons. The summed E-state index contributed by atoms with van der Waals surface area (Å²) in [5.41, 5.74) is 2.50.